The van der Waals surface area contributed by atoms with Crippen LogP contribution in [0, 0.1) is 0 Å². The molecule has 0 unspecified atom stereocenters. The molecule has 0 aliphatic carbocycles. The molecule has 1 aliphatic heterocycles. The fourth-order valence-corrected chi connectivity index (χ4v) is 2.59. The van der Waals surface area contributed by atoms with Crippen LogP contribution in [0.1, 0.15) is 6.42 Å². The molecule has 0 N–H and O–H groups in total. The second kappa shape index (κ2) is 6.83. The molecule has 0 radical (unpaired) electrons. The fraction of sp³-hybridized carbons (Fsp3) is 0.500. The van der Waals surface area contributed by atoms with Crippen molar-refractivity contribution in [3.63, 3.8) is 0 Å². The monoisotopic (exact) mass is 286 g/mol. The van der Waals surface area contributed by atoms with Gasteiger partial charge in [-0.25, -0.2) is 9.97 Å². The average Bonchev–Trinajstić information content (AvgIpc) is 2.53. The van der Waals surface area contributed by atoms with Gasteiger partial charge >= 0.3 is 0 Å². The van der Waals surface area contributed by atoms with Gasteiger partial charge in [-0.3, -0.25) is 0 Å². The first-order valence-electron chi connectivity index (χ1n) is 7.55. The van der Waals surface area contributed by atoms with Gasteiger partial charge in [0.25, 0.3) is 0 Å². The van der Waals surface area contributed by atoms with Crippen LogP contribution >= 0.6 is 0 Å². The lowest BCUT2D eigenvalue weighted by molar-refractivity contribution is 0.145. The first kappa shape index (κ1) is 14.2. The number of benzene rings is 1. The van der Waals surface area contributed by atoms with E-state index in [-0.39, 0.29) is 0 Å². The highest BCUT2D eigenvalue weighted by Gasteiger charge is 2.12. The molecule has 0 amide bonds. The second-order valence-electron chi connectivity index (χ2n) is 5.59. The molecule has 1 aromatic heterocycles. The first-order chi connectivity index (χ1) is 10.3. The zero-order chi connectivity index (χ0) is 14.5. The number of aromatic nitrogens is 2. The van der Waals surface area contributed by atoms with E-state index in [4.69, 9.17) is 4.74 Å². The molecule has 1 saturated heterocycles. The van der Waals surface area contributed by atoms with Crippen LogP contribution in [-0.2, 0) is 0 Å². The number of hydrogen-bond acceptors (Lipinski definition) is 5. The summed E-state index contributed by atoms with van der Waals surface area (Å²) in [6.07, 6.45) is 4.45. The predicted molar refractivity (Wildman–Crippen MR) is 83.6 cm³/mol. The first-order valence-corrected chi connectivity index (χ1v) is 7.55. The third-order valence-corrected chi connectivity index (χ3v) is 3.96. The molecule has 3 rings (SSSR count). The number of fused-ring (bicyclic) bond motifs is 1. The lowest BCUT2D eigenvalue weighted by atomic mass is 10.2. The van der Waals surface area contributed by atoms with E-state index in [1.165, 1.54) is 26.2 Å². The molecular weight excluding hydrogens is 264 g/mol. The van der Waals surface area contributed by atoms with Gasteiger partial charge in [0, 0.05) is 50.4 Å². The van der Waals surface area contributed by atoms with Crippen LogP contribution in [0.4, 0.5) is 0 Å². The highest BCUT2D eigenvalue weighted by Crippen LogP contribution is 2.18. The van der Waals surface area contributed by atoms with Crippen molar-refractivity contribution in [2.45, 2.75) is 6.42 Å². The van der Waals surface area contributed by atoms with Crippen molar-refractivity contribution >= 4 is 10.9 Å². The van der Waals surface area contributed by atoms with Crippen LogP contribution in [0.5, 0.6) is 5.75 Å². The number of nitrogens with zero attached hydrogens (tertiary/aromatic N) is 4. The maximum atomic E-state index is 5.83. The summed E-state index contributed by atoms with van der Waals surface area (Å²) in [5.74, 6) is 0.888. The summed E-state index contributed by atoms with van der Waals surface area (Å²) < 4.78 is 5.83. The zero-order valence-electron chi connectivity index (χ0n) is 12.5. The minimum atomic E-state index is 0.753. The van der Waals surface area contributed by atoms with E-state index in [0.29, 0.717) is 0 Å². The van der Waals surface area contributed by atoms with Crippen molar-refractivity contribution in [2.75, 3.05) is 46.4 Å². The Morgan fingerprint density at radius 2 is 2.05 bits per heavy atom. The Kier molecular flexibility index (Phi) is 4.62. The van der Waals surface area contributed by atoms with Gasteiger partial charge in [0.05, 0.1) is 12.1 Å². The van der Waals surface area contributed by atoms with Gasteiger partial charge in [0.15, 0.2) is 0 Å². The van der Waals surface area contributed by atoms with Crippen LogP contribution < -0.4 is 4.74 Å². The van der Waals surface area contributed by atoms with Crippen LogP contribution in [0.15, 0.2) is 30.7 Å². The van der Waals surface area contributed by atoms with Crippen LogP contribution in [-0.4, -0.2) is 66.1 Å². The minimum absolute atomic E-state index is 0.753. The Morgan fingerprint density at radius 1 is 1.19 bits per heavy atom. The quantitative estimate of drug-likeness (QED) is 0.782. The smallest absolute Gasteiger partial charge is 0.121 e. The van der Waals surface area contributed by atoms with E-state index in [1.54, 1.807) is 6.33 Å². The van der Waals surface area contributed by atoms with E-state index in [0.717, 1.165) is 36.2 Å². The maximum absolute atomic E-state index is 5.83. The Balaban J connectivity index is 1.44. The van der Waals surface area contributed by atoms with Crippen molar-refractivity contribution < 1.29 is 4.74 Å². The molecule has 5 heteroatoms. The van der Waals surface area contributed by atoms with Crippen LogP contribution in [0.25, 0.3) is 10.9 Å². The predicted octanol–water partition coefficient (Wildman–Crippen LogP) is 1.65. The molecule has 21 heavy (non-hydrogen) atoms. The standard InChI is InChI=1S/C16H22N4O/c1-19-6-8-20(9-7-19)5-2-10-21-15-4-3-14-12-17-13-18-16(14)11-15/h3-4,11-13H,2,5-10H2,1H3. The Hall–Kier alpha value is -1.72. The topological polar surface area (TPSA) is 41.5 Å². The summed E-state index contributed by atoms with van der Waals surface area (Å²) in [6.45, 7) is 6.55. The van der Waals surface area contributed by atoms with Gasteiger partial charge in [-0.05, 0) is 25.6 Å². The maximum Gasteiger partial charge on any atom is 0.121 e. The molecule has 1 aromatic carbocycles. The normalized spacial score (nSPS) is 17.2. The molecule has 0 bridgehead atoms. The fourth-order valence-electron chi connectivity index (χ4n) is 2.59. The van der Waals surface area contributed by atoms with Crippen molar-refractivity contribution in [2.24, 2.45) is 0 Å². The summed E-state index contributed by atoms with van der Waals surface area (Å²) in [7, 11) is 2.18. The summed E-state index contributed by atoms with van der Waals surface area (Å²) in [6, 6.07) is 5.97. The van der Waals surface area contributed by atoms with Crippen molar-refractivity contribution in [3.05, 3.63) is 30.7 Å². The third kappa shape index (κ3) is 3.89. The largest absolute Gasteiger partial charge is 0.493 e. The summed E-state index contributed by atoms with van der Waals surface area (Å²) in [5, 5.41) is 1.04. The van der Waals surface area contributed by atoms with Gasteiger partial charge < -0.3 is 14.5 Å². The SMILES string of the molecule is CN1CCN(CCCOc2ccc3cncnc3c2)CC1. The average molecular weight is 286 g/mol. The Bertz CT molecular complexity index is 581. The van der Waals surface area contributed by atoms with Crippen LogP contribution in [0.3, 0.4) is 0 Å². The lowest BCUT2D eigenvalue weighted by Gasteiger charge is -2.32. The van der Waals surface area contributed by atoms with Gasteiger partial charge in [0.2, 0.25) is 0 Å². The number of hydrogen-bond donors (Lipinski definition) is 0. The highest BCUT2D eigenvalue weighted by atomic mass is 16.5. The highest BCUT2D eigenvalue weighted by molar-refractivity contribution is 5.78. The van der Waals surface area contributed by atoms with Gasteiger partial charge in [0.1, 0.15) is 12.1 Å². The van der Waals surface area contributed by atoms with Gasteiger partial charge in [-0.15, -0.1) is 0 Å². The lowest BCUT2D eigenvalue weighted by Crippen LogP contribution is -2.44. The minimum Gasteiger partial charge on any atom is -0.493 e. The second-order valence-corrected chi connectivity index (χ2v) is 5.59. The van der Waals surface area contributed by atoms with Gasteiger partial charge in [-0.2, -0.15) is 0 Å². The van der Waals surface area contributed by atoms with E-state index in [9.17, 15) is 0 Å². The molecular formula is C16H22N4O. The number of likely N-dealkylation sites (N-methyl/N-ethyl adjacent to an activating group) is 1. The summed E-state index contributed by atoms with van der Waals surface area (Å²) in [4.78, 5) is 13.2. The van der Waals surface area contributed by atoms with Crippen molar-refractivity contribution in [3.8, 4) is 5.75 Å². The third-order valence-electron chi connectivity index (χ3n) is 3.96. The van der Waals surface area contributed by atoms with E-state index < -0.39 is 0 Å². The molecule has 0 atom stereocenters. The molecule has 5 nitrogen and oxygen atoms in total. The zero-order valence-corrected chi connectivity index (χ0v) is 12.5. The van der Waals surface area contributed by atoms with E-state index in [2.05, 4.69) is 26.8 Å². The molecule has 112 valence electrons. The van der Waals surface area contributed by atoms with E-state index >= 15 is 0 Å². The number of rotatable bonds is 5. The van der Waals surface area contributed by atoms with Gasteiger partial charge in [-0.1, -0.05) is 0 Å². The molecule has 1 aliphatic rings. The molecule has 2 aromatic rings. The Labute approximate surface area is 125 Å². The Morgan fingerprint density at radius 3 is 2.90 bits per heavy atom. The number of piperazine rings is 1. The van der Waals surface area contributed by atoms with Crippen LogP contribution in [0.2, 0.25) is 0 Å². The molecule has 0 spiro atoms. The molecule has 0 saturated carbocycles. The summed E-state index contributed by atoms with van der Waals surface area (Å²) >= 11 is 0. The number of ether oxygens (including phenoxy) is 1. The molecule has 1 fully saturated rings. The summed E-state index contributed by atoms with van der Waals surface area (Å²) in [5.41, 5.74) is 0.932. The molecule has 2 heterocycles. The van der Waals surface area contributed by atoms with Crippen molar-refractivity contribution in [1.82, 2.24) is 19.8 Å². The van der Waals surface area contributed by atoms with Crippen molar-refractivity contribution in [1.29, 1.82) is 0 Å². The van der Waals surface area contributed by atoms with E-state index in [1.807, 2.05) is 24.4 Å².